The van der Waals surface area contributed by atoms with E-state index in [2.05, 4.69) is 31.0 Å². The van der Waals surface area contributed by atoms with Crippen molar-refractivity contribution in [1.29, 1.82) is 0 Å². The van der Waals surface area contributed by atoms with E-state index < -0.39 is 0 Å². The minimum absolute atomic E-state index is 0.181. The molecule has 3 aromatic heterocycles. The number of nitrogens with zero attached hydrogens (tertiary/aromatic N) is 7. The Kier molecular flexibility index (Phi) is 4.85. The maximum absolute atomic E-state index is 13.2. The second kappa shape index (κ2) is 7.82. The Morgan fingerprint density at radius 2 is 1.71 bits per heavy atom. The van der Waals surface area contributed by atoms with Crippen molar-refractivity contribution in [2.24, 2.45) is 0 Å². The average molecular weight is 419 g/mol. The van der Waals surface area contributed by atoms with E-state index in [1.54, 1.807) is 24.4 Å². The lowest BCUT2D eigenvalue weighted by atomic mass is 10.2. The molecule has 4 aromatic rings. The number of rotatable bonds is 4. The highest BCUT2D eigenvalue weighted by Gasteiger charge is 2.21. The van der Waals surface area contributed by atoms with E-state index >= 15 is 0 Å². The highest BCUT2D eigenvalue weighted by atomic mass is 19.1. The van der Waals surface area contributed by atoms with Gasteiger partial charge in [0.1, 0.15) is 17.5 Å². The van der Waals surface area contributed by atoms with Crippen molar-refractivity contribution in [3.63, 3.8) is 0 Å². The van der Waals surface area contributed by atoms with Gasteiger partial charge in [0.25, 0.3) is 5.56 Å². The van der Waals surface area contributed by atoms with Crippen LogP contribution >= 0.6 is 0 Å². The smallest absolute Gasteiger partial charge is 0.267 e. The van der Waals surface area contributed by atoms with Crippen LogP contribution in [-0.4, -0.2) is 50.6 Å². The van der Waals surface area contributed by atoms with Gasteiger partial charge in [-0.1, -0.05) is 12.1 Å². The van der Waals surface area contributed by atoms with Crippen molar-refractivity contribution in [2.45, 2.75) is 13.5 Å². The third-order valence-corrected chi connectivity index (χ3v) is 5.49. The molecule has 4 heterocycles. The molecule has 1 aliphatic heterocycles. The summed E-state index contributed by atoms with van der Waals surface area (Å²) < 4.78 is 16.4. The predicted octanol–water partition coefficient (Wildman–Crippen LogP) is 2.11. The first-order chi connectivity index (χ1) is 15.1. The molecule has 8 nitrogen and oxygen atoms in total. The molecule has 0 radical (unpaired) electrons. The summed E-state index contributed by atoms with van der Waals surface area (Å²) in [5, 5.41) is 8.96. The van der Waals surface area contributed by atoms with Gasteiger partial charge in [-0.05, 0) is 30.7 Å². The van der Waals surface area contributed by atoms with Gasteiger partial charge in [0.15, 0.2) is 5.65 Å². The minimum Gasteiger partial charge on any atom is -0.353 e. The standard InChI is InChI=1S/C22H22FN7O/c1-16-14-21(30-19(25-16)8-9-24-30)28-12-10-27(11-13-28)20-6-7-22(31)29(26-20)15-17-2-4-18(23)5-3-17/h2-9,14H,10-13,15H2,1H3. The second-order valence-corrected chi connectivity index (χ2v) is 7.64. The van der Waals surface area contributed by atoms with Crippen LogP contribution in [0.15, 0.2) is 59.5 Å². The van der Waals surface area contributed by atoms with E-state index in [1.807, 2.05) is 17.5 Å². The van der Waals surface area contributed by atoms with Crippen LogP contribution in [0.5, 0.6) is 0 Å². The molecule has 0 saturated carbocycles. The Hall–Kier alpha value is -3.75. The number of benzene rings is 1. The van der Waals surface area contributed by atoms with Crippen molar-refractivity contribution in [3.8, 4) is 0 Å². The molecule has 1 saturated heterocycles. The normalized spacial score (nSPS) is 14.4. The molecule has 9 heteroatoms. The lowest BCUT2D eigenvalue weighted by Gasteiger charge is -2.36. The van der Waals surface area contributed by atoms with Crippen molar-refractivity contribution < 1.29 is 4.39 Å². The number of fused-ring (bicyclic) bond motifs is 1. The van der Waals surface area contributed by atoms with E-state index in [9.17, 15) is 9.18 Å². The summed E-state index contributed by atoms with van der Waals surface area (Å²) in [5.41, 5.74) is 2.45. The molecule has 1 aromatic carbocycles. The molecule has 0 aliphatic carbocycles. The average Bonchev–Trinajstić information content (AvgIpc) is 3.25. The zero-order valence-corrected chi connectivity index (χ0v) is 17.1. The molecule has 0 N–H and O–H groups in total. The van der Waals surface area contributed by atoms with E-state index in [0.29, 0.717) is 6.54 Å². The van der Waals surface area contributed by atoms with Gasteiger partial charge in [-0.25, -0.2) is 14.1 Å². The zero-order valence-electron chi connectivity index (χ0n) is 17.1. The zero-order chi connectivity index (χ0) is 21.4. The number of aryl methyl sites for hydroxylation is 1. The van der Waals surface area contributed by atoms with E-state index in [1.165, 1.54) is 22.9 Å². The third-order valence-electron chi connectivity index (χ3n) is 5.49. The van der Waals surface area contributed by atoms with Crippen molar-refractivity contribution in [2.75, 3.05) is 36.0 Å². The third kappa shape index (κ3) is 3.86. The van der Waals surface area contributed by atoms with Crippen LogP contribution in [0.25, 0.3) is 5.65 Å². The van der Waals surface area contributed by atoms with Crippen LogP contribution in [0.4, 0.5) is 16.0 Å². The minimum atomic E-state index is -0.299. The monoisotopic (exact) mass is 419 g/mol. The Bertz CT molecular complexity index is 1270. The molecule has 1 fully saturated rings. The predicted molar refractivity (Wildman–Crippen MR) is 116 cm³/mol. The fourth-order valence-corrected chi connectivity index (χ4v) is 3.89. The maximum Gasteiger partial charge on any atom is 0.267 e. The van der Waals surface area contributed by atoms with Gasteiger partial charge in [0, 0.05) is 50.1 Å². The first kappa shape index (κ1) is 19.2. The van der Waals surface area contributed by atoms with E-state index in [-0.39, 0.29) is 11.4 Å². The van der Waals surface area contributed by atoms with Gasteiger partial charge in [0.05, 0.1) is 12.7 Å². The molecule has 0 atom stereocenters. The quantitative estimate of drug-likeness (QED) is 0.505. The molecule has 31 heavy (non-hydrogen) atoms. The Labute approximate surface area is 178 Å². The molecule has 5 rings (SSSR count). The number of hydrogen-bond acceptors (Lipinski definition) is 6. The summed E-state index contributed by atoms with van der Waals surface area (Å²) in [5.74, 6) is 1.49. The van der Waals surface area contributed by atoms with Crippen LogP contribution in [0, 0.1) is 12.7 Å². The van der Waals surface area contributed by atoms with Crippen LogP contribution in [0.3, 0.4) is 0 Å². The van der Waals surface area contributed by atoms with Crippen LogP contribution < -0.4 is 15.4 Å². The molecule has 0 amide bonds. The summed E-state index contributed by atoms with van der Waals surface area (Å²) in [7, 11) is 0. The number of halogens is 1. The molecule has 0 bridgehead atoms. The lowest BCUT2D eigenvalue weighted by Crippen LogP contribution is -2.48. The first-order valence-electron chi connectivity index (χ1n) is 10.2. The molecule has 0 spiro atoms. The number of anilines is 2. The SMILES string of the molecule is Cc1cc(N2CCN(c3ccc(=O)n(Cc4ccc(F)cc4)n3)CC2)n2nccc2n1. The Morgan fingerprint density at radius 3 is 2.48 bits per heavy atom. The summed E-state index contributed by atoms with van der Waals surface area (Å²) >= 11 is 0. The van der Waals surface area contributed by atoms with Crippen molar-refractivity contribution >= 4 is 17.3 Å². The fraction of sp³-hybridized carbons (Fsp3) is 0.273. The largest absolute Gasteiger partial charge is 0.353 e. The highest BCUT2D eigenvalue weighted by Crippen LogP contribution is 2.20. The van der Waals surface area contributed by atoms with Crippen molar-refractivity contribution in [3.05, 3.63) is 82.2 Å². The van der Waals surface area contributed by atoms with E-state index in [0.717, 1.165) is 54.7 Å². The molecular weight excluding hydrogens is 397 g/mol. The topological polar surface area (TPSA) is 71.6 Å². The lowest BCUT2D eigenvalue weighted by molar-refractivity contribution is 0.594. The summed E-state index contributed by atoms with van der Waals surface area (Å²) in [6, 6.07) is 13.4. The summed E-state index contributed by atoms with van der Waals surface area (Å²) in [4.78, 5) is 21.3. The first-order valence-corrected chi connectivity index (χ1v) is 10.2. The highest BCUT2D eigenvalue weighted by molar-refractivity contribution is 5.52. The van der Waals surface area contributed by atoms with Gasteiger partial charge in [-0.3, -0.25) is 4.79 Å². The molecule has 1 aliphatic rings. The Morgan fingerprint density at radius 1 is 0.968 bits per heavy atom. The number of piperazine rings is 1. The van der Waals surface area contributed by atoms with Crippen molar-refractivity contribution in [1.82, 2.24) is 24.4 Å². The fourth-order valence-electron chi connectivity index (χ4n) is 3.89. The summed E-state index contributed by atoms with van der Waals surface area (Å²) in [6.45, 7) is 5.44. The van der Waals surface area contributed by atoms with Gasteiger partial charge < -0.3 is 9.80 Å². The Balaban J connectivity index is 1.33. The maximum atomic E-state index is 13.2. The van der Waals surface area contributed by atoms with Gasteiger partial charge in [-0.15, -0.1) is 0 Å². The second-order valence-electron chi connectivity index (χ2n) is 7.64. The van der Waals surface area contributed by atoms with Gasteiger partial charge in [0.2, 0.25) is 0 Å². The summed E-state index contributed by atoms with van der Waals surface area (Å²) in [6.07, 6.45) is 1.76. The number of aromatic nitrogens is 5. The van der Waals surface area contributed by atoms with Crippen LogP contribution in [-0.2, 0) is 6.54 Å². The molecule has 0 unspecified atom stereocenters. The van der Waals surface area contributed by atoms with E-state index in [4.69, 9.17) is 0 Å². The molecular formula is C22H22FN7O. The molecule has 158 valence electrons. The van der Waals surface area contributed by atoms with Gasteiger partial charge in [-0.2, -0.15) is 14.7 Å². The van der Waals surface area contributed by atoms with Crippen LogP contribution in [0.2, 0.25) is 0 Å². The van der Waals surface area contributed by atoms with Crippen LogP contribution in [0.1, 0.15) is 11.3 Å². The number of hydrogen-bond donors (Lipinski definition) is 0. The van der Waals surface area contributed by atoms with Gasteiger partial charge >= 0.3 is 0 Å².